The van der Waals surface area contributed by atoms with Crippen LogP contribution in [0.1, 0.15) is 24.3 Å². The lowest BCUT2D eigenvalue weighted by atomic mass is 10.1. The molecule has 0 aliphatic carbocycles. The van der Waals surface area contributed by atoms with E-state index in [9.17, 15) is 14.4 Å². The summed E-state index contributed by atoms with van der Waals surface area (Å²) < 4.78 is 19.4. The van der Waals surface area contributed by atoms with Crippen LogP contribution in [0.25, 0.3) is 17.4 Å². The zero-order valence-corrected chi connectivity index (χ0v) is 14.6. The van der Waals surface area contributed by atoms with Crippen molar-refractivity contribution in [3.63, 3.8) is 0 Å². The number of amides is 1. The fraction of sp³-hybridized carbons (Fsp3) is 0.0909. The van der Waals surface area contributed by atoms with E-state index in [0.29, 0.717) is 17.1 Å². The number of nitrogens with zero attached hydrogens (tertiary/aromatic N) is 1. The third-order valence-electron chi connectivity index (χ3n) is 4.06. The van der Waals surface area contributed by atoms with Gasteiger partial charge in [-0.3, -0.25) is 4.79 Å². The SMILES string of the molecule is C[C@H](NC(=O)/C(C#N)=C/c1ccc(-c2ccccc2F)o1)c1ccccc1. The molecule has 0 aliphatic heterocycles. The number of benzene rings is 2. The maximum atomic E-state index is 13.9. The maximum Gasteiger partial charge on any atom is 0.262 e. The minimum Gasteiger partial charge on any atom is -0.457 e. The van der Waals surface area contributed by atoms with E-state index in [1.54, 1.807) is 30.3 Å². The van der Waals surface area contributed by atoms with Crippen molar-refractivity contribution in [2.75, 3.05) is 0 Å². The van der Waals surface area contributed by atoms with Crippen LogP contribution in [0.4, 0.5) is 4.39 Å². The van der Waals surface area contributed by atoms with Crippen molar-refractivity contribution in [3.8, 4) is 17.4 Å². The molecule has 1 atom stereocenters. The zero-order chi connectivity index (χ0) is 19.2. The van der Waals surface area contributed by atoms with Crippen LogP contribution in [0.5, 0.6) is 0 Å². The Bertz CT molecular complexity index is 1020. The van der Waals surface area contributed by atoms with Crippen LogP contribution in [0, 0.1) is 17.1 Å². The lowest BCUT2D eigenvalue weighted by molar-refractivity contribution is -0.117. The Morgan fingerprint density at radius 3 is 2.52 bits per heavy atom. The minimum atomic E-state index is -0.502. The molecule has 3 aromatic rings. The van der Waals surface area contributed by atoms with Crippen molar-refractivity contribution >= 4 is 12.0 Å². The van der Waals surface area contributed by atoms with Gasteiger partial charge < -0.3 is 9.73 Å². The normalized spacial score (nSPS) is 12.3. The molecule has 1 heterocycles. The standard InChI is InChI=1S/C22H17FN2O2/c1-15(16-7-3-2-4-8-16)25-22(26)17(14-24)13-18-11-12-21(27-18)19-9-5-6-10-20(19)23/h2-13,15H,1H3,(H,25,26)/b17-13+/t15-/m0/s1. The predicted octanol–water partition coefficient (Wildman–Crippen LogP) is 4.87. The summed E-state index contributed by atoms with van der Waals surface area (Å²) >= 11 is 0. The third kappa shape index (κ3) is 4.31. The summed E-state index contributed by atoms with van der Waals surface area (Å²) in [6.07, 6.45) is 1.34. The highest BCUT2D eigenvalue weighted by Gasteiger charge is 2.15. The Labute approximate surface area is 156 Å². The lowest BCUT2D eigenvalue weighted by Crippen LogP contribution is -2.27. The number of nitrogens with one attached hydrogen (secondary N) is 1. The smallest absolute Gasteiger partial charge is 0.262 e. The van der Waals surface area contributed by atoms with E-state index < -0.39 is 11.7 Å². The van der Waals surface area contributed by atoms with Gasteiger partial charge in [-0.05, 0) is 36.8 Å². The van der Waals surface area contributed by atoms with Gasteiger partial charge in [-0.15, -0.1) is 0 Å². The van der Waals surface area contributed by atoms with Crippen molar-refractivity contribution < 1.29 is 13.6 Å². The first-order valence-corrected chi connectivity index (χ1v) is 8.41. The summed E-state index contributed by atoms with van der Waals surface area (Å²) in [6, 6.07) is 20.5. The van der Waals surface area contributed by atoms with E-state index in [-0.39, 0.29) is 11.6 Å². The molecule has 0 unspecified atom stereocenters. The first-order valence-electron chi connectivity index (χ1n) is 8.41. The number of carbonyl (C=O) groups is 1. The van der Waals surface area contributed by atoms with E-state index in [0.717, 1.165) is 5.56 Å². The molecule has 2 aromatic carbocycles. The van der Waals surface area contributed by atoms with Crippen LogP contribution in [0.3, 0.4) is 0 Å². The summed E-state index contributed by atoms with van der Waals surface area (Å²) in [7, 11) is 0. The summed E-state index contributed by atoms with van der Waals surface area (Å²) in [5.74, 6) is -0.281. The molecule has 3 rings (SSSR count). The van der Waals surface area contributed by atoms with Gasteiger partial charge in [0.25, 0.3) is 5.91 Å². The van der Waals surface area contributed by atoms with Gasteiger partial charge in [-0.1, -0.05) is 42.5 Å². The lowest BCUT2D eigenvalue weighted by Gasteiger charge is -2.13. The molecule has 27 heavy (non-hydrogen) atoms. The number of halogens is 1. The number of hydrogen-bond donors (Lipinski definition) is 1. The second-order valence-electron chi connectivity index (χ2n) is 5.96. The van der Waals surface area contributed by atoms with E-state index in [4.69, 9.17) is 4.42 Å². The first-order chi connectivity index (χ1) is 13.1. The van der Waals surface area contributed by atoms with E-state index >= 15 is 0 Å². The zero-order valence-electron chi connectivity index (χ0n) is 14.6. The molecule has 0 radical (unpaired) electrons. The van der Waals surface area contributed by atoms with Crippen LogP contribution in [-0.2, 0) is 4.79 Å². The average molecular weight is 360 g/mol. The molecule has 0 spiro atoms. The molecule has 0 aliphatic rings. The van der Waals surface area contributed by atoms with Gasteiger partial charge in [-0.25, -0.2) is 4.39 Å². The number of furan rings is 1. The molecule has 0 fully saturated rings. The molecule has 1 amide bonds. The van der Waals surface area contributed by atoms with Gasteiger partial charge in [0, 0.05) is 6.08 Å². The Kier molecular flexibility index (Phi) is 5.48. The van der Waals surface area contributed by atoms with Gasteiger partial charge in [0.15, 0.2) is 0 Å². The highest BCUT2D eigenvalue weighted by molar-refractivity contribution is 6.01. The largest absolute Gasteiger partial charge is 0.457 e. The van der Waals surface area contributed by atoms with Crippen molar-refractivity contribution in [1.82, 2.24) is 5.32 Å². The Hall–Kier alpha value is -3.65. The van der Waals surface area contributed by atoms with Crippen molar-refractivity contribution in [2.45, 2.75) is 13.0 Å². The first kappa shape index (κ1) is 18.2. The molecule has 0 bridgehead atoms. The molecule has 5 heteroatoms. The fourth-order valence-electron chi connectivity index (χ4n) is 2.63. The summed E-state index contributed by atoms with van der Waals surface area (Å²) in [5.41, 5.74) is 1.16. The van der Waals surface area contributed by atoms with Gasteiger partial charge in [0.1, 0.15) is 29.0 Å². The van der Waals surface area contributed by atoms with Crippen LogP contribution >= 0.6 is 0 Å². The van der Waals surface area contributed by atoms with Crippen LogP contribution < -0.4 is 5.32 Å². The number of carbonyl (C=O) groups excluding carboxylic acids is 1. The quantitative estimate of drug-likeness (QED) is 0.521. The molecule has 0 saturated carbocycles. The minimum absolute atomic E-state index is 0.0905. The van der Waals surface area contributed by atoms with Gasteiger partial charge in [0.05, 0.1) is 11.6 Å². The predicted molar refractivity (Wildman–Crippen MR) is 101 cm³/mol. The summed E-state index contributed by atoms with van der Waals surface area (Å²) in [6.45, 7) is 1.84. The van der Waals surface area contributed by atoms with Gasteiger partial charge >= 0.3 is 0 Å². The van der Waals surface area contributed by atoms with E-state index in [1.807, 2.05) is 43.3 Å². The maximum absolute atomic E-state index is 13.9. The Balaban J connectivity index is 1.78. The van der Waals surface area contributed by atoms with E-state index in [2.05, 4.69) is 5.32 Å². The topological polar surface area (TPSA) is 66.0 Å². The molecule has 134 valence electrons. The van der Waals surface area contributed by atoms with Crippen LogP contribution in [0.2, 0.25) is 0 Å². The highest BCUT2D eigenvalue weighted by Crippen LogP contribution is 2.25. The number of nitriles is 1. The fourth-order valence-corrected chi connectivity index (χ4v) is 2.63. The van der Waals surface area contributed by atoms with Crippen molar-refractivity contribution in [3.05, 3.63) is 89.4 Å². The highest BCUT2D eigenvalue weighted by atomic mass is 19.1. The van der Waals surface area contributed by atoms with Crippen LogP contribution in [0.15, 0.2) is 76.7 Å². The monoisotopic (exact) mass is 360 g/mol. The van der Waals surface area contributed by atoms with Gasteiger partial charge in [-0.2, -0.15) is 5.26 Å². The molecule has 0 saturated heterocycles. The second kappa shape index (κ2) is 8.15. The van der Waals surface area contributed by atoms with E-state index in [1.165, 1.54) is 12.1 Å². The van der Waals surface area contributed by atoms with Gasteiger partial charge in [0.2, 0.25) is 0 Å². The number of hydrogen-bond acceptors (Lipinski definition) is 3. The molecule has 1 N–H and O–H groups in total. The Morgan fingerprint density at radius 2 is 1.81 bits per heavy atom. The van der Waals surface area contributed by atoms with Crippen molar-refractivity contribution in [2.24, 2.45) is 0 Å². The summed E-state index contributed by atoms with van der Waals surface area (Å²) in [5, 5.41) is 12.1. The number of rotatable bonds is 5. The molecule has 1 aromatic heterocycles. The summed E-state index contributed by atoms with van der Waals surface area (Å²) in [4.78, 5) is 12.4. The average Bonchev–Trinajstić information content (AvgIpc) is 3.15. The van der Waals surface area contributed by atoms with Crippen LogP contribution in [-0.4, -0.2) is 5.91 Å². The molecular weight excluding hydrogens is 343 g/mol. The van der Waals surface area contributed by atoms with Crippen molar-refractivity contribution in [1.29, 1.82) is 5.26 Å². The second-order valence-corrected chi connectivity index (χ2v) is 5.96. The third-order valence-corrected chi connectivity index (χ3v) is 4.06. The molecular formula is C22H17FN2O2. The Morgan fingerprint density at radius 1 is 1.11 bits per heavy atom. The molecule has 4 nitrogen and oxygen atoms in total.